The molecule has 0 bridgehead atoms. The number of nitrogens with one attached hydrogen (secondary N) is 1. The zero-order chi connectivity index (χ0) is 14.6. The van der Waals surface area contributed by atoms with Gasteiger partial charge in [0, 0.05) is 26.1 Å². The van der Waals surface area contributed by atoms with Crippen LogP contribution in [0.5, 0.6) is 0 Å². The van der Waals surface area contributed by atoms with Gasteiger partial charge in [-0.3, -0.25) is 4.79 Å². The van der Waals surface area contributed by atoms with Crippen molar-refractivity contribution in [3.8, 4) is 0 Å². The summed E-state index contributed by atoms with van der Waals surface area (Å²) in [4.78, 5) is 13.2. The molecule has 0 saturated carbocycles. The van der Waals surface area contributed by atoms with Crippen LogP contribution < -0.4 is 4.72 Å². The van der Waals surface area contributed by atoms with Gasteiger partial charge in [0.2, 0.25) is 15.9 Å². The first kappa shape index (κ1) is 14.9. The van der Waals surface area contributed by atoms with Gasteiger partial charge < -0.3 is 4.90 Å². The van der Waals surface area contributed by atoms with Crippen LogP contribution in [0.1, 0.15) is 19.3 Å². The number of carbonyl (C=O) groups is 1. The molecule has 0 unspecified atom stereocenters. The van der Waals surface area contributed by atoms with Gasteiger partial charge >= 0.3 is 0 Å². The van der Waals surface area contributed by atoms with Crippen LogP contribution in [0.2, 0.25) is 0 Å². The lowest BCUT2D eigenvalue weighted by molar-refractivity contribution is -0.127. The predicted octanol–water partition coefficient (Wildman–Crippen LogP) is 1.12. The van der Waals surface area contributed by atoms with Crippen LogP contribution in [0.25, 0.3) is 0 Å². The summed E-state index contributed by atoms with van der Waals surface area (Å²) in [5.74, 6) is -0.345. The summed E-state index contributed by atoms with van der Waals surface area (Å²) < 4.78 is 39.0. The van der Waals surface area contributed by atoms with Gasteiger partial charge in [-0.2, -0.15) is 0 Å². The van der Waals surface area contributed by atoms with Crippen LogP contribution in [-0.4, -0.2) is 38.9 Å². The Hall–Kier alpha value is -1.47. The fourth-order valence-corrected chi connectivity index (χ4v) is 3.19. The molecular formula is C13H17FN2O3S. The lowest BCUT2D eigenvalue weighted by Crippen LogP contribution is -2.30. The van der Waals surface area contributed by atoms with Crippen molar-refractivity contribution in [2.45, 2.75) is 24.2 Å². The number of benzene rings is 1. The Kier molecular flexibility index (Phi) is 4.72. The maximum atomic E-state index is 12.7. The average Bonchev–Trinajstić information content (AvgIpc) is 2.81. The van der Waals surface area contributed by atoms with Gasteiger partial charge in [0.25, 0.3) is 0 Å². The third-order valence-corrected chi connectivity index (χ3v) is 4.67. The van der Waals surface area contributed by atoms with Crippen molar-refractivity contribution in [1.82, 2.24) is 9.62 Å². The minimum Gasteiger partial charge on any atom is -0.343 e. The monoisotopic (exact) mass is 300 g/mol. The van der Waals surface area contributed by atoms with E-state index >= 15 is 0 Å². The standard InChI is InChI=1S/C13H17FN2O3S/c14-11-4-6-12(7-5-11)20(18,19)15-8-2-10-16-9-1-3-13(16)17/h4-7,15H,1-3,8-10H2. The van der Waals surface area contributed by atoms with E-state index in [-0.39, 0.29) is 17.3 Å². The summed E-state index contributed by atoms with van der Waals surface area (Å²) in [5.41, 5.74) is 0. The molecule has 0 atom stereocenters. The van der Waals surface area contributed by atoms with Crippen LogP contribution in [0.3, 0.4) is 0 Å². The fraction of sp³-hybridized carbons (Fsp3) is 0.462. The van der Waals surface area contributed by atoms with Gasteiger partial charge in [0.1, 0.15) is 5.82 Å². The third-order valence-electron chi connectivity index (χ3n) is 3.19. The summed E-state index contributed by atoms with van der Waals surface area (Å²) >= 11 is 0. The zero-order valence-electron chi connectivity index (χ0n) is 11.0. The van der Waals surface area contributed by atoms with Crippen LogP contribution in [0.15, 0.2) is 29.2 Å². The molecular weight excluding hydrogens is 283 g/mol. The molecule has 2 rings (SSSR count). The predicted molar refractivity (Wildman–Crippen MR) is 72.0 cm³/mol. The average molecular weight is 300 g/mol. The maximum Gasteiger partial charge on any atom is 0.240 e. The van der Waals surface area contributed by atoms with Gasteiger partial charge in [-0.15, -0.1) is 0 Å². The molecule has 110 valence electrons. The van der Waals surface area contributed by atoms with E-state index in [2.05, 4.69) is 4.72 Å². The molecule has 5 nitrogen and oxygen atoms in total. The van der Waals surface area contributed by atoms with Crippen molar-refractivity contribution in [2.75, 3.05) is 19.6 Å². The second-order valence-electron chi connectivity index (χ2n) is 4.69. The third kappa shape index (κ3) is 3.77. The quantitative estimate of drug-likeness (QED) is 0.801. The minimum atomic E-state index is -3.61. The summed E-state index contributed by atoms with van der Waals surface area (Å²) in [6, 6.07) is 4.66. The van der Waals surface area contributed by atoms with E-state index in [4.69, 9.17) is 0 Å². The number of carbonyl (C=O) groups excluding carboxylic acids is 1. The Bertz CT molecular complexity index is 572. The number of rotatable bonds is 6. The first-order valence-electron chi connectivity index (χ1n) is 6.52. The minimum absolute atomic E-state index is 0.0381. The molecule has 0 radical (unpaired) electrons. The molecule has 1 aromatic carbocycles. The number of sulfonamides is 1. The van der Waals surface area contributed by atoms with Crippen LogP contribution in [0.4, 0.5) is 4.39 Å². The zero-order valence-corrected chi connectivity index (χ0v) is 11.8. The maximum absolute atomic E-state index is 12.7. The number of amides is 1. The highest BCUT2D eigenvalue weighted by Crippen LogP contribution is 2.11. The lowest BCUT2D eigenvalue weighted by Gasteiger charge is -2.15. The summed E-state index contributed by atoms with van der Waals surface area (Å²) in [5, 5.41) is 0. The molecule has 1 N–H and O–H groups in total. The SMILES string of the molecule is O=C1CCCN1CCCNS(=O)(=O)c1ccc(F)cc1. The van der Waals surface area contributed by atoms with Crippen molar-refractivity contribution < 1.29 is 17.6 Å². The number of likely N-dealkylation sites (tertiary alicyclic amines) is 1. The van der Waals surface area contributed by atoms with Crippen molar-refractivity contribution in [2.24, 2.45) is 0 Å². The van der Waals surface area contributed by atoms with Gasteiger partial charge in [0.15, 0.2) is 0 Å². The highest BCUT2D eigenvalue weighted by molar-refractivity contribution is 7.89. The van der Waals surface area contributed by atoms with Gasteiger partial charge in [-0.05, 0) is 37.1 Å². The van der Waals surface area contributed by atoms with Crippen LogP contribution in [-0.2, 0) is 14.8 Å². The van der Waals surface area contributed by atoms with Gasteiger partial charge in [-0.1, -0.05) is 0 Å². The first-order valence-corrected chi connectivity index (χ1v) is 8.00. The molecule has 0 aromatic heterocycles. The molecule has 1 amide bonds. The van der Waals surface area contributed by atoms with E-state index in [1.807, 2.05) is 0 Å². The Morgan fingerprint density at radius 3 is 2.55 bits per heavy atom. The van der Waals surface area contributed by atoms with Gasteiger partial charge in [0.05, 0.1) is 4.90 Å². The topological polar surface area (TPSA) is 66.5 Å². The van der Waals surface area contributed by atoms with Crippen LogP contribution >= 0.6 is 0 Å². The van der Waals surface area contributed by atoms with E-state index < -0.39 is 15.8 Å². The summed E-state index contributed by atoms with van der Waals surface area (Å²) in [6.07, 6.45) is 2.02. The van der Waals surface area contributed by atoms with Crippen molar-refractivity contribution in [3.63, 3.8) is 0 Å². The Labute approximate surface area is 117 Å². The summed E-state index contributed by atoms with van der Waals surface area (Å²) in [7, 11) is -3.61. The molecule has 1 saturated heterocycles. The van der Waals surface area contributed by atoms with Crippen molar-refractivity contribution >= 4 is 15.9 Å². The van der Waals surface area contributed by atoms with Gasteiger partial charge in [-0.25, -0.2) is 17.5 Å². The normalized spacial score (nSPS) is 15.8. The second-order valence-corrected chi connectivity index (χ2v) is 6.46. The van der Waals surface area contributed by atoms with Crippen LogP contribution in [0, 0.1) is 5.82 Å². The molecule has 1 heterocycles. The molecule has 0 spiro atoms. The van der Waals surface area contributed by atoms with E-state index in [9.17, 15) is 17.6 Å². The van der Waals surface area contributed by atoms with Crippen molar-refractivity contribution in [3.05, 3.63) is 30.1 Å². The number of hydrogen-bond acceptors (Lipinski definition) is 3. The Balaban J connectivity index is 1.80. The molecule has 1 aromatic rings. The van der Waals surface area contributed by atoms with E-state index in [0.29, 0.717) is 19.4 Å². The number of nitrogens with zero attached hydrogens (tertiary/aromatic N) is 1. The Morgan fingerprint density at radius 2 is 1.95 bits per heavy atom. The molecule has 1 aliphatic rings. The largest absolute Gasteiger partial charge is 0.343 e. The summed E-state index contributed by atoms with van der Waals surface area (Å²) in [6.45, 7) is 1.57. The first-order chi connectivity index (χ1) is 9.49. The van der Waals surface area contributed by atoms with E-state index in [1.165, 1.54) is 12.1 Å². The van der Waals surface area contributed by atoms with E-state index in [0.717, 1.165) is 25.1 Å². The second kappa shape index (κ2) is 6.32. The highest BCUT2D eigenvalue weighted by Gasteiger charge is 2.19. The van der Waals surface area contributed by atoms with E-state index in [1.54, 1.807) is 4.90 Å². The fourth-order valence-electron chi connectivity index (χ4n) is 2.11. The smallest absolute Gasteiger partial charge is 0.240 e. The highest BCUT2D eigenvalue weighted by atomic mass is 32.2. The molecule has 7 heteroatoms. The lowest BCUT2D eigenvalue weighted by atomic mass is 10.4. The molecule has 1 fully saturated rings. The molecule has 20 heavy (non-hydrogen) atoms. The number of halogens is 1. The molecule has 1 aliphatic heterocycles. The molecule has 0 aliphatic carbocycles. The number of hydrogen-bond donors (Lipinski definition) is 1. The Morgan fingerprint density at radius 1 is 1.25 bits per heavy atom. The van der Waals surface area contributed by atoms with Crippen molar-refractivity contribution in [1.29, 1.82) is 0 Å².